The molecule has 4 rings (SSSR count). The van der Waals surface area contributed by atoms with Gasteiger partial charge in [0.1, 0.15) is 5.82 Å². The van der Waals surface area contributed by atoms with Gasteiger partial charge in [0, 0.05) is 34.6 Å². The van der Waals surface area contributed by atoms with E-state index in [-0.39, 0.29) is 14.0 Å². The Morgan fingerprint density at radius 2 is 1.72 bits per heavy atom. The monoisotopic (exact) mass is 387 g/mol. The van der Waals surface area contributed by atoms with Crippen molar-refractivity contribution in [1.29, 1.82) is 0 Å². The van der Waals surface area contributed by atoms with E-state index in [1.54, 1.807) is 42.7 Å². The summed E-state index contributed by atoms with van der Waals surface area (Å²) in [6, 6.07) is 17.7. The van der Waals surface area contributed by atoms with E-state index >= 15 is 0 Å². The number of hydrogen-bond donors (Lipinski definition) is 3. The smallest absolute Gasteiger partial charge is 0.324 e. The number of para-hydroxylation sites is 2. The zero-order chi connectivity index (χ0) is 19.3. The van der Waals surface area contributed by atoms with Crippen LogP contribution in [0.25, 0.3) is 22.3 Å². The minimum Gasteiger partial charge on any atom is -0.392 e. The second-order valence-electron chi connectivity index (χ2n) is 6.05. The Bertz CT molecular complexity index is 1130. The highest BCUT2D eigenvalue weighted by molar-refractivity contribution is 6.04. The first-order valence-electron chi connectivity index (χ1n) is 8.68. The third kappa shape index (κ3) is 4.36. The number of benzene rings is 2. The van der Waals surface area contributed by atoms with Gasteiger partial charge in [-0.05, 0) is 30.3 Å². The van der Waals surface area contributed by atoms with E-state index in [0.29, 0.717) is 28.4 Å². The number of aliphatic hydroxyl groups excluding tert-OH is 1. The fraction of sp³-hybridized carbons (Fsp3) is 0.0909. The number of urea groups is 1. The molecule has 3 N–H and O–H groups in total. The van der Waals surface area contributed by atoms with Crippen LogP contribution in [0.4, 0.5) is 16.3 Å². The van der Waals surface area contributed by atoms with Gasteiger partial charge < -0.3 is 10.4 Å². The number of fused-ring (bicyclic) bond motifs is 1. The average molecular weight is 387 g/mol. The SMILES string of the molecule is C.O=C(Nc1ccccc1CO)Nc1nc(-c2cccnc2)nc2ccccc12. The summed E-state index contributed by atoms with van der Waals surface area (Å²) in [6.45, 7) is -0.169. The normalized spacial score (nSPS) is 10.2. The van der Waals surface area contributed by atoms with Gasteiger partial charge in [-0.2, -0.15) is 0 Å². The Balaban J connectivity index is 0.00000240. The van der Waals surface area contributed by atoms with Gasteiger partial charge in [0.2, 0.25) is 0 Å². The average Bonchev–Trinajstić information content (AvgIpc) is 2.74. The van der Waals surface area contributed by atoms with Gasteiger partial charge in [0.15, 0.2) is 5.82 Å². The number of hydrogen-bond acceptors (Lipinski definition) is 5. The highest BCUT2D eigenvalue weighted by Gasteiger charge is 2.13. The van der Waals surface area contributed by atoms with Crippen LogP contribution >= 0.6 is 0 Å². The first-order valence-corrected chi connectivity index (χ1v) is 8.68. The van der Waals surface area contributed by atoms with Gasteiger partial charge in [-0.25, -0.2) is 14.8 Å². The topological polar surface area (TPSA) is 100 Å². The van der Waals surface area contributed by atoms with Gasteiger partial charge in [-0.15, -0.1) is 0 Å². The molecular weight excluding hydrogens is 366 g/mol. The molecule has 0 aliphatic carbocycles. The highest BCUT2D eigenvalue weighted by Crippen LogP contribution is 2.25. The molecule has 7 heteroatoms. The molecule has 0 unspecified atom stereocenters. The zero-order valence-corrected chi connectivity index (χ0v) is 14.8. The quantitative estimate of drug-likeness (QED) is 0.480. The standard InChI is InChI=1S/C21H17N5O2.CH4/c27-13-15-6-1-3-9-17(15)24-21(28)26-20-16-8-2-4-10-18(16)23-19(25-20)14-7-5-11-22-12-14;/h1-12,27H,13H2,(H2,23,24,25,26,28);1H4. The van der Waals surface area contributed by atoms with Gasteiger partial charge in [0.25, 0.3) is 0 Å². The van der Waals surface area contributed by atoms with E-state index in [1.165, 1.54) is 0 Å². The molecule has 2 amide bonds. The number of aromatic nitrogens is 3. The molecule has 0 fully saturated rings. The maximum atomic E-state index is 12.6. The number of rotatable bonds is 4. The molecule has 2 aromatic heterocycles. The number of amides is 2. The van der Waals surface area contributed by atoms with Crippen LogP contribution in [0.15, 0.2) is 73.1 Å². The van der Waals surface area contributed by atoms with Crippen LogP contribution < -0.4 is 10.6 Å². The Hall–Kier alpha value is -3.84. The van der Waals surface area contributed by atoms with Crippen LogP contribution in [-0.2, 0) is 6.61 Å². The van der Waals surface area contributed by atoms with E-state index < -0.39 is 6.03 Å². The summed E-state index contributed by atoms with van der Waals surface area (Å²) >= 11 is 0. The second kappa shape index (κ2) is 8.90. The Kier molecular flexibility index (Phi) is 6.11. The number of carbonyl (C=O) groups excluding carboxylic acids is 1. The Morgan fingerprint density at radius 1 is 0.931 bits per heavy atom. The van der Waals surface area contributed by atoms with Gasteiger partial charge in [0.05, 0.1) is 12.1 Å². The molecule has 2 heterocycles. The molecule has 0 atom stereocenters. The third-order valence-corrected chi connectivity index (χ3v) is 4.19. The van der Waals surface area contributed by atoms with E-state index in [1.807, 2.05) is 30.3 Å². The number of pyridine rings is 1. The van der Waals surface area contributed by atoms with Crippen LogP contribution in [0.3, 0.4) is 0 Å². The van der Waals surface area contributed by atoms with Crippen molar-refractivity contribution < 1.29 is 9.90 Å². The lowest BCUT2D eigenvalue weighted by atomic mass is 10.2. The van der Waals surface area contributed by atoms with Crippen molar-refractivity contribution in [2.45, 2.75) is 14.0 Å². The molecule has 0 radical (unpaired) electrons. The lowest BCUT2D eigenvalue weighted by Crippen LogP contribution is -2.21. The molecule has 29 heavy (non-hydrogen) atoms. The van der Waals surface area contributed by atoms with Crippen molar-refractivity contribution in [1.82, 2.24) is 15.0 Å². The van der Waals surface area contributed by atoms with Crippen molar-refractivity contribution in [2.24, 2.45) is 0 Å². The third-order valence-electron chi connectivity index (χ3n) is 4.19. The Morgan fingerprint density at radius 3 is 2.52 bits per heavy atom. The molecule has 146 valence electrons. The molecule has 4 aromatic rings. The summed E-state index contributed by atoms with van der Waals surface area (Å²) in [7, 11) is 0. The van der Waals surface area contributed by atoms with Gasteiger partial charge >= 0.3 is 6.03 Å². The number of nitrogens with one attached hydrogen (secondary N) is 2. The van der Waals surface area contributed by atoms with Crippen LogP contribution in [-0.4, -0.2) is 26.1 Å². The fourth-order valence-electron chi connectivity index (χ4n) is 2.84. The minimum absolute atomic E-state index is 0. The molecule has 2 aromatic carbocycles. The van der Waals surface area contributed by atoms with Gasteiger partial charge in [-0.1, -0.05) is 37.8 Å². The molecule has 0 spiro atoms. The minimum atomic E-state index is -0.457. The fourth-order valence-corrected chi connectivity index (χ4v) is 2.84. The molecular formula is C22H21N5O2. The molecule has 0 saturated carbocycles. The first kappa shape index (κ1) is 19.9. The van der Waals surface area contributed by atoms with Crippen LogP contribution in [0.5, 0.6) is 0 Å². The van der Waals surface area contributed by atoms with Crippen LogP contribution in [0.1, 0.15) is 13.0 Å². The maximum absolute atomic E-state index is 12.6. The lowest BCUT2D eigenvalue weighted by Gasteiger charge is -2.12. The van der Waals surface area contributed by atoms with Crippen molar-refractivity contribution in [3.8, 4) is 11.4 Å². The summed E-state index contributed by atoms with van der Waals surface area (Å²) in [5.41, 5.74) is 2.62. The van der Waals surface area contributed by atoms with Crippen molar-refractivity contribution in [3.63, 3.8) is 0 Å². The van der Waals surface area contributed by atoms with E-state index in [4.69, 9.17) is 0 Å². The number of nitrogens with zero attached hydrogens (tertiary/aromatic N) is 3. The van der Waals surface area contributed by atoms with Gasteiger partial charge in [-0.3, -0.25) is 10.3 Å². The van der Waals surface area contributed by atoms with Crippen molar-refractivity contribution >= 4 is 28.4 Å². The van der Waals surface area contributed by atoms with Crippen molar-refractivity contribution in [3.05, 3.63) is 78.6 Å². The summed E-state index contributed by atoms with van der Waals surface area (Å²) in [4.78, 5) is 25.8. The van der Waals surface area contributed by atoms with Crippen LogP contribution in [0, 0.1) is 0 Å². The molecule has 7 nitrogen and oxygen atoms in total. The molecule has 0 saturated heterocycles. The molecule has 0 aliphatic rings. The van der Waals surface area contributed by atoms with E-state index in [0.717, 1.165) is 10.9 Å². The largest absolute Gasteiger partial charge is 0.392 e. The predicted octanol–water partition coefficient (Wildman–Crippen LogP) is 4.46. The van der Waals surface area contributed by atoms with E-state index in [9.17, 15) is 9.90 Å². The highest BCUT2D eigenvalue weighted by atomic mass is 16.3. The summed E-state index contributed by atoms with van der Waals surface area (Å²) < 4.78 is 0. The van der Waals surface area contributed by atoms with Crippen LogP contribution in [0.2, 0.25) is 0 Å². The predicted molar refractivity (Wildman–Crippen MR) is 115 cm³/mol. The maximum Gasteiger partial charge on any atom is 0.324 e. The van der Waals surface area contributed by atoms with Crippen molar-refractivity contribution in [2.75, 3.05) is 10.6 Å². The summed E-state index contributed by atoms with van der Waals surface area (Å²) in [6.07, 6.45) is 3.35. The zero-order valence-electron chi connectivity index (χ0n) is 14.8. The Labute approximate surface area is 168 Å². The number of carbonyl (C=O) groups is 1. The lowest BCUT2D eigenvalue weighted by molar-refractivity contribution is 0.262. The summed E-state index contributed by atoms with van der Waals surface area (Å²) in [5.74, 6) is 0.862. The molecule has 0 bridgehead atoms. The second-order valence-corrected chi connectivity index (χ2v) is 6.05. The summed E-state index contributed by atoms with van der Waals surface area (Å²) in [5, 5.41) is 15.7. The first-order chi connectivity index (χ1) is 13.7. The van der Waals surface area contributed by atoms with E-state index in [2.05, 4.69) is 25.6 Å². The number of aliphatic hydroxyl groups is 1. The number of anilines is 2. The molecule has 0 aliphatic heterocycles.